The van der Waals surface area contributed by atoms with Gasteiger partial charge in [0.15, 0.2) is 5.76 Å². The van der Waals surface area contributed by atoms with E-state index in [2.05, 4.69) is 6.58 Å². The van der Waals surface area contributed by atoms with Crippen molar-refractivity contribution in [2.45, 2.75) is 31.7 Å². The molecule has 3 nitrogen and oxygen atoms in total. The topological polar surface area (TPSA) is 33.5 Å². The van der Waals surface area contributed by atoms with E-state index in [1.807, 2.05) is 4.90 Å². The molecule has 0 aromatic carbocycles. The Balaban J connectivity index is 2.12. The highest BCUT2D eigenvalue weighted by atomic mass is 16.3. The molecule has 1 aliphatic carbocycles. The van der Waals surface area contributed by atoms with E-state index >= 15 is 0 Å². The van der Waals surface area contributed by atoms with Crippen molar-refractivity contribution in [2.24, 2.45) is 0 Å². The summed E-state index contributed by atoms with van der Waals surface area (Å²) in [6, 6.07) is 3.82. The molecule has 1 aromatic rings. The van der Waals surface area contributed by atoms with Gasteiger partial charge in [-0.2, -0.15) is 0 Å². The second kappa shape index (κ2) is 5.01. The molecule has 0 N–H and O–H groups in total. The number of nitrogens with zero attached hydrogens (tertiary/aromatic N) is 1. The predicted molar refractivity (Wildman–Crippen MR) is 62.2 cm³/mol. The summed E-state index contributed by atoms with van der Waals surface area (Å²) in [5, 5.41) is 0. The molecule has 0 saturated heterocycles. The van der Waals surface area contributed by atoms with Crippen molar-refractivity contribution < 1.29 is 9.21 Å². The summed E-state index contributed by atoms with van der Waals surface area (Å²) in [5.74, 6) is 0.408. The molecule has 3 heteroatoms. The van der Waals surface area contributed by atoms with E-state index in [9.17, 15) is 4.79 Å². The second-order valence-corrected chi connectivity index (χ2v) is 4.16. The van der Waals surface area contributed by atoms with E-state index in [-0.39, 0.29) is 5.91 Å². The molecule has 0 bridgehead atoms. The molecule has 2 rings (SSSR count). The molecule has 0 unspecified atom stereocenters. The first kappa shape index (κ1) is 11.0. The smallest absolute Gasteiger partial charge is 0.290 e. The second-order valence-electron chi connectivity index (χ2n) is 4.16. The van der Waals surface area contributed by atoms with Crippen LogP contribution in [-0.4, -0.2) is 23.4 Å². The molecule has 1 heterocycles. The lowest BCUT2D eigenvalue weighted by Gasteiger charge is -2.26. The molecule has 0 radical (unpaired) electrons. The fraction of sp³-hybridized carbons (Fsp3) is 0.462. The van der Waals surface area contributed by atoms with Gasteiger partial charge in [-0.25, -0.2) is 0 Å². The van der Waals surface area contributed by atoms with Crippen LogP contribution in [0.1, 0.15) is 36.2 Å². The fourth-order valence-corrected chi connectivity index (χ4v) is 2.29. The van der Waals surface area contributed by atoms with Crippen molar-refractivity contribution in [1.29, 1.82) is 0 Å². The van der Waals surface area contributed by atoms with Crippen LogP contribution >= 0.6 is 0 Å². The third-order valence-electron chi connectivity index (χ3n) is 3.08. The predicted octanol–water partition coefficient (Wildman–Crippen LogP) is 2.85. The summed E-state index contributed by atoms with van der Waals surface area (Å²) < 4.78 is 5.16. The Hall–Kier alpha value is -1.51. The lowest BCUT2D eigenvalue weighted by Crippen LogP contribution is -2.38. The van der Waals surface area contributed by atoms with Crippen LogP contribution in [0.25, 0.3) is 0 Å². The maximum absolute atomic E-state index is 12.2. The van der Waals surface area contributed by atoms with E-state index in [0.717, 1.165) is 12.8 Å². The SMILES string of the molecule is C=CCN(C(=O)c1ccco1)C1CCCC1. The molecule has 1 saturated carbocycles. The van der Waals surface area contributed by atoms with Crippen LogP contribution in [0.2, 0.25) is 0 Å². The quantitative estimate of drug-likeness (QED) is 0.729. The highest BCUT2D eigenvalue weighted by Gasteiger charge is 2.27. The van der Waals surface area contributed by atoms with Crippen LogP contribution in [0.3, 0.4) is 0 Å². The van der Waals surface area contributed by atoms with Gasteiger partial charge in [-0.1, -0.05) is 18.9 Å². The lowest BCUT2D eigenvalue weighted by atomic mass is 10.2. The molecule has 1 fully saturated rings. The third kappa shape index (κ3) is 2.18. The monoisotopic (exact) mass is 219 g/mol. The number of carbonyl (C=O) groups excluding carboxylic acids is 1. The fourth-order valence-electron chi connectivity index (χ4n) is 2.29. The minimum absolute atomic E-state index is 0.0169. The van der Waals surface area contributed by atoms with Gasteiger partial charge >= 0.3 is 0 Å². The first-order chi connectivity index (χ1) is 7.83. The first-order valence-electron chi connectivity index (χ1n) is 5.78. The first-order valence-corrected chi connectivity index (χ1v) is 5.78. The zero-order valence-electron chi connectivity index (χ0n) is 9.39. The van der Waals surface area contributed by atoms with Gasteiger partial charge < -0.3 is 9.32 Å². The molecular weight excluding hydrogens is 202 g/mol. The highest BCUT2D eigenvalue weighted by Crippen LogP contribution is 2.24. The largest absolute Gasteiger partial charge is 0.459 e. The average molecular weight is 219 g/mol. The van der Waals surface area contributed by atoms with Crippen LogP contribution in [0.5, 0.6) is 0 Å². The van der Waals surface area contributed by atoms with E-state index < -0.39 is 0 Å². The van der Waals surface area contributed by atoms with Crippen molar-refractivity contribution in [3.05, 3.63) is 36.8 Å². The summed E-state index contributed by atoms with van der Waals surface area (Å²) in [6.07, 6.45) is 7.93. The summed E-state index contributed by atoms with van der Waals surface area (Å²) >= 11 is 0. The molecular formula is C13H17NO2. The van der Waals surface area contributed by atoms with Crippen molar-refractivity contribution in [1.82, 2.24) is 4.90 Å². The van der Waals surface area contributed by atoms with Crippen molar-refractivity contribution in [3.63, 3.8) is 0 Å². The standard InChI is InChI=1S/C13H17NO2/c1-2-9-14(11-6-3-4-7-11)13(15)12-8-5-10-16-12/h2,5,8,10-11H,1,3-4,6-7,9H2. The Labute approximate surface area is 95.7 Å². The zero-order valence-corrected chi connectivity index (χ0v) is 9.39. The molecule has 16 heavy (non-hydrogen) atoms. The minimum atomic E-state index is -0.0169. The Bertz CT molecular complexity index is 350. The Morgan fingerprint density at radius 1 is 1.56 bits per heavy atom. The van der Waals surface area contributed by atoms with Gasteiger partial charge in [0.05, 0.1) is 6.26 Å². The summed E-state index contributed by atoms with van der Waals surface area (Å²) in [6.45, 7) is 4.31. The van der Waals surface area contributed by atoms with Gasteiger partial charge in [0.2, 0.25) is 0 Å². The molecule has 1 aliphatic rings. The molecule has 0 aliphatic heterocycles. The van der Waals surface area contributed by atoms with Crippen LogP contribution < -0.4 is 0 Å². The minimum Gasteiger partial charge on any atom is -0.459 e. The van der Waals surface area contributed by atoms with Crippen LogP contribution in [0, 0.1) is 0 Å². The Morgan fingerprint density at radius 3 is 2.88 bits per heavy atom. The van der Waals surface area contributed by atoms with Gasteiger partial charge in [0, 0.05) is 12.6 Å². The maximum atomic E-state index is 12.2. The van der Waals surface area contributed by atoms with Crippen LogP contribution in [0.4, 0.5) is 0 Å². The Kier molecular flexibility index (Phi) is 3.44. The van der Waals surface area contributed by atoms with E-state index in [1.54, 1.807) is 18.2 Å². The van der Waals surface area contributed by atoms with Crippen LogP contribution in [0.15, 0.2) is 35.5 Å². The molecule has 0 spiro atoms. The Morgan fingerprint density at radius 2 is 2.31 bits per heavy atom. The van der Waals surface area contributed by atoms with Gasteiger partial charge in [-0.05, 0) is 25.0 Å². The molecule has 0 atom stereocenters. The van der Waals surface area contributed by atoms with Crippen molar-refractivity contribution in [2.75, 3.05) is 6.54 Å². The van der Waals surface area contributed by atoms with Gasteiger partial charge in [-0.15, -0.1) is 6.58 Å². The van der Waals surface area contributed by atoms with E-state index in [0.29, 0.717) is 18.3 Å². The molecule has 1 amide bonds. The number of carbonyl (C=O) groups is 1. The lowest BCUT2D eigenvalue weighted by molar-refractivity contribution is 0.0674. The summed E-state index contributed by atoms with van der Waals surface area (Å²) in [7, 11) is 0. The summed E-state index contributed by atoms with van der Waals surface area (Å²) in [4.78, 5) is 14.0. The van der Waals surface area contributed by atoms with Gasteiger partial charge in [0.1, 0.15) is 0 Å². The average Bonchev–Trinajstić information content (AvgIpc) is 2.96. The molecule has 86 valence electrons. The number of rotatable bonds is 4. The van der Waals surface area contributed by atoms with Crippen LogP contribution in [-0.2, 0) is 0 Å². The third-order valence-corrected chi connectivity index (χ3v) is 3.08. The molecule has 1 aromatic heterocycles. The maximum Gasteiger partial charge on any atom is 0.290 e. The summed E-state index contributed by atoms with van der Waals surface area (Å²) in [5.41, 5.74) is 0. The number of hydrogen-bond donors (Lipinski definition) is 0. The van der Waals surface area contributed by atoms with Gasteiger partial charge in [0.25, 0.3) is 5.91 Å². The number of hydrogen-bond acceptors (Lipinski definition) is 2. The normalized spacial score (nSPS) is 16.2. The number of furan rings is 1. The highest BCUT2D eigenvalue weighted by molar-refractivity contribution is 5.91. The zero-order chi connectivity index (χ0) is 11.4. The van der Waals surface area contributed by atoms with Gasteiger partial charge in [-0.3, -0.25) is 4.79 Å². The van der Waals surface area contributed by atoms with Crippen molar-refractivity contribution in [3.8, 4) is 0 Å². The van der Waals surface area contributed by atoms with Crippen molar-refractivity contribution >= 4 is 5.91 Å². The number of amides is 1. The van der Waals surface area contributed by atoms with E-state index in [1.165, 1.54) is 19.1 Å². The van der Waals surface area contributed by atoms with E-state index in [4.69, 9.17) is 4.42 Å².